The molecule has 0 atom stereocenters. The van der Waals surface area contributed by atoms with Crippen LogP contribution in [-0.2, 0) is 11.2 Å². The molecule has 1 heterocycles. The third-order valence-corrected chi connectivity index (χ3v) is 5.99. The second-order valence-corrected chi connectivity index (χ2v) is 8.39. The number of carbonyl (C=O) groups is 1. The summed E-state index contributed by atoms with van der Waals surface area (Å²) in [5.74, 6) is 0.377. The molecule has 3 nitrogen and oxygen atoms in total. The first-order valence-electron chi connectivity index (χ1n) is 10.7. The lowest BCUT2D eigenvalue weighted by molar-refractivity contribution is -0.134. The minimum Gasteiger partial charge on any atom is -0.427 e. The number of benzene rings is 2. The summed E-state index contributed by atoms with van der Waals surface area (Å²) < 4.78 is 5.39. The molecule has 0 bridgehead atoms. The van der Waals surface area contributed by atoms with Crippen molar-refractivity contribution in [2.75, 3.05) is 0 Å². The molecule has 30 heavy (non-hydrogen) atoms. The minimum absolute atomic E-state index is 0.206. The van der Waals surface area contributed by atoms with Crippen molar-refractivity contribution in [2.24, 2.45) is 0 Å². The third-order valence-electron chi connectivity index (χ3n) is 4.88. The largest absolute Gasteiger partial charge is 0.427 e. The van der Waals surface area contributed by atoms with E-state index in [4.69, 9.17) is 4.74 Å². The Morgan fingerprint density at radius 2 is 1.67 bits per heavy atom. The molecule has 0 saturated carbocycles. The van der Waals surface area contributed by atoms with E-state index in [2.05, 4.69) is 36.2 Å². The van der Waals surface area contributed by atoms with Crippen molar-refractivity contribution in [2.45, 2.75) is 52.4 Å². The number of hydrogen-bond acceptors (Lipinski definition) is 4. The summed E-state index contributed by atoms with van der Waals surface area (Å²) in [5, 5.41) is 1.08. The highest BCUT2D eigenvalue weighted by molar-refractivity contribution is 7.15. The van der Waals surface area contributed by atoms with Gasteiger partial charge >= 0.3 is 5.97 Å². The van der Waals surface area contributed by atoms with Crippen LogP contribution >= 0.6 is 11.3 Å². The number of hydrogen-bond donors (Lipinski definition) is 0. The normalized spacial score (nSPS) is 11.1. The van der Waals surface area contributed by atoms with Crippen molar-refractivity contribution >= 4 is 17.3 Å². The highest BCUT2D eigenvalue weighted by Gasteiger charge is 2.07. The number of esters is 1. The summed E-state index contributed by atoms with van der Waals surface area (Å²) in [7, 11) is 0. The van der Waals surface area contributed by atoms with Crippen LogP contribution in [-0.4, -0.2) is 11.0 Å². The third kappa shape index (κ3) is 6.39. The lowest BCUT2D eigenvalue weighted by atomic mass is 10.0. The second-order valence-electron chi connectivity index (χ2n) is 7.27. The molecule has 0 radical (unpaired) electrons. The molecular formula is C26H29NO2S. The van der Waals surface area contributed by atoms with Crippen LogP contribution in [0.1, 0.15) is 50.8 Å². The van der Waals surface area contributed by atoms with Crippen LogP contribution in [0.4, 0.5) is 0 Å². The topological polar surface area (TPSA) is 39.2 Å². The van der Waals surface area contributed by atoms with E-state index in [1.165, 1.54) is 24.1 Å². The van der Waals surface area contributed by atoms with Gasteiger partial charge in [0.15, 0.2) is 0 Å². The molecular weight excluding hydrogens is 390 g/mol. The average molecular weight is 420 g/mol. The van der Waals surface area contributed by atoms with E-state index >= 15 is 0 Å². The first kappa shape index (κ1) is 22.0. The molecule has 4 heteroatoms. The molecule has 0 aliphatic carbocycles. The Kier molecular flexibility index (Phi) is 8.40. The van der Waals surface area contributed by atoms with Gasteiger partial charge in [0.05, 0.1) is 0 Å². The number of unbranched alkanes of at least 4 members (excludes halogenated alkanes) is 2. The van der Waals surface area contributed by atoms with Gasteiger partial charge in [0.1, 0.15) is 10.8 Å². The number of thiazole rings is 1. The number of nitrogens with zero attached hydrogens (tertiary/aromatic N) is 1. The van der Waals surface area contributed by atoms with Crippen molar-refractivity contribution in [3.05, 3.63) is 71.8 Å². The van der Waals surface area contributed by atoms with Gasteiger partial charge in [-0.3, -0.25) is 4.79 Å². The van der Waals surface area contributed by atoms with Crippen LogP contribution in [0.3, 0.4) is 0 Å². The SMILES string of the molecule is CC=CCCC(=O)Oc1ccc(-c2ccc(-c3ncc(CCCCC)s3)cc2)cc1. The van der Waals surface area contributed by atoms with Gasteiger partial charge < -0.3 is 4.74 Å². The van der Waals surface area contributed by atoms with Gasteiger partial charge in [0, 0.05) is 23.1 Å². The molecule has 0 spiro atoms. The number of rotatable bonds is 10. The molecule has 3 aromatic rings. The van der Waals surface area contributed by atoms with Crippen LogP contribution in [0.15, 0.2) is 66.9 Å². The number of ether oxygens (including phenoxy) is 1. The highest BCUT2D eigenvalue weighted by atomic mass is 32.1. The summed E-state index contributed by atoms with van der Waals surface area (Å²) >= 11 is 1.79. The van der Waals surface area contributed by atoms with Gasteiger partial charge in [0.25, 0.3) is 0 Å². The first-order valence-corrected chi connectivity index (χ1v) is 11.5. The van der Waals surface area contributed by atoms with Gasteiger partial charge in [-0.05, 0) is 49.4 Å². The molecule has 0 aliphatic rings. The molecule has 156 valence electrons. The predicted octanol–water partition coefficient (Wildman–Crippen LogP) is 7.47. The summed E-state index contributed by atoms with van der Waals surface area (Å²) in [5.41, 5.74) is 3.37. The van der Waals surface area contributed by atoms with E-state index in [0.29, 0.717) is 18.6 Å². The molecule has 0 fully saturated rings. The summed E-state index contributed by atoms with van der Waals surface area (Å²) in [6.45, 7) is 4.17. The molecule has 0 N–H and O–H groups in total. The van der Waals surface area contributed by atoms with E-state index in [-0.39, 0.29) is 5.97 Å². The van der Waals surface area contributed by atoms with E-state index in [9.17, 15) is 4.79 Å². The van der Waals surface area contributed by atoms with Crippen molar-refractivity contribution in [1.82, 2.24) is 4.98 Å². The fourth-order valence-corrected chi connectivity index (χ4v) is 4.14. The molecule has 0 amide bonds. The smallest absolute Gasteiger partial charge is 0.311 e. The molecule has 0 aliphatic heterocycles. The standard InChI is InChI=1S/C26H29NO2S/c1-3-5-7-9-24-19-27-26(30-24)22-13-11-20(12-14-22)21-15-17-23(18-16-21)29-25(28)10-8-6-4-2/h4,6,11-19H,3,5,7-10H2,1-2H3. The molecule has 3 rings (SSSR count). The Labute approximate surface area is 183 Å². The Balaban J connectivity index is 1.60. The number of aromatic nitrogens is 1. The quantitative estimate of drug-likeness (QED) is 0.148. The Morgan fingerprint density at radius 1 is 1.00 bits per heavy atom. The van der Waals surface area contributed by atoms with Crippen LogP contribution < -0.4 is 4.74 Å². The zero-order valence-corrected chi connectivity index (χ0v) is 18.6. The fraction of sp³-hybridized carbons (Fsp3) is 0.308. The number of allylic oxidation sites excluding steroid dienone is 2. The number of carbonyl (C=O) groups excluding carboxylic acids is 1. The van der Waals surface area contributed by atoms with E-state index in [1.54, 1.807) is 11.3 Å². The Hall–Kier alpha value is -2.72. The van der Waals surface area contributed by atoms with Crippen molar-refractivity contribution in [1.29, 1.82) is 0 Å². The van der Waals surface area contributed by atoms with Gasteiger partial charge in [-0.25, -0.2) is 4.98 Å². The average Bonchev–Trinajstić information content (AvgIpc) is 3.24. The van der Waals surface area contributed by atoms with Gasteiger partial charge in [-0.1, -0.05) is 68.3 Å². The lowest BCUT2D eigenvalue weighted by Crippen LogP contribution is -2.06. The van der Waals surface area contributed by atoms with Crippen LogP contribution in [0.25, 0.3) is 21.7 Å². The van der Waals surface area contributed by atoms with Crippen LogP contribution in [0.5, 0.6) is 5.75 Å². The maximum atomic E-state index is 11.8. The Bertz CT molecular complexity index is 955. The summed E-state index contributed by atoms with van der Waals surface area (Å²) in [6.07, 6.45) is 11.9. The van der Waals surface area contributed by atoms with Crippen molar-refractivity contribution in [3.63, 3.8) is 0 Å². The molecule has 2 aromatic carbocycles. The fourth-order valence-electron chi connectivity index (χ4n) is 3.18. The second kappa shape index (κ2) is 11.5. The van der Waals surface area contributed by atoms with Gasteiger partial charge in [0.2, 0.25) is 0 Å². The molecule has 1 aromatic heterocycles. The zero-order chi connectivity index (χ0) is 21.2. The maximum absolute atomic E-state index is 11.8. The molecule has 0 unspecified atom stereocenters. The van der Waals surface area contributed by atoms with E-state index < -0.39 is 0 Å². The maximum Gasteiger partial charge on any atom is 0.311 e. The summed E-state index contributed by atoms with van der Waals surface area (Å²) in [6, 6.07) is 16.1. The zero-order valence-electron chi connectivity index (χ0n) is 17.8. The van der Waals surface area contributed by atoms with Crippen LogP contribution in [0.2, 0.25) is 0 Å². The predicted molar refractivity (Wildman–Crippen MR) is 126 cm³/mol. The Morgan fingerprint density at radius 3 is 2.33 bits per heavy atom. The number of aryl methyl sites for hydroxylation is 1. The van der Waals surface area contributed by atoms with Crippen molar-refractivity contribution in [3.8, 4) is 27.4 Å². The monoisotopic (exact) mass is 419 g/mol. The lowest BCUT2D eigenvalue weighted by Gasteiger charge is -2.06. The van der Waals surface area contributed by atoms with Gasteiger partial charge in [-0.15, -0.1) is 11.3 Å². The van der Waals surface area contributed by atoms with E-state index in [0.717, 1.165) is 28.1 Å². The van der Waals surface area contributed by atoms with Crippen LogP contribution in [0, 0.1) is 0 Å². The van der Waals surface area contributed by atoms with E-state index in [1.807, 2.05) is 49.5 Å². The van der Waals surface area contributed by atoms with Crippen molar-refractivity contribution < 1.29 is 9.53 Å². The molecule has 0 saturated heterocycles. The highest BCUT2D eigenvalue weighted by Crippen LogP contribution is 2.29. The van der Waals surface area contributed by atoms with Gasteiger partial charge in [-0.2, -0.15) is 0 Å². The minimum atomic E-state index is -0.206. The summed E-state index contributed by atoms with van der Waals surface area (Å²) in [4.78, 5) is 17.8. The first-order chi connectivity index (χ1) is 14.7.